The number of hydrogen-bond acceptors (Lipinski definition) is 2. The van der Waals surface area contributed by atoms with Crippen LogP contribution in [0.4, 0.5) is 4.39 Å². The van der Waals surface area contributed by atoms with Crippen LogP contribution in [0.3, 0.4) is 0 Å². The molecule has 102 valence electrons. The Morgan fingerprint density at radius 3 is 2.60 bits per heavy atom. The number of halogens is 1. The molecule has 1 atom stereocenters. The minimum Gasteiger partial charge on any atom is -0.328 e. The highest BCUT2D eigenvalue weighted by atomic mass is 19.1. The lowest BCUT2D eigenvalue weighted by molar-refractivity contribution is 0.537. The smallest absolute Gasteiger partial charge is 0.128 e. The molecule has 2 aromatic carbocycles. The van der Waals surface area contributed by atoms with Crippen LogP contribution >= 0.6 is 0 Å². The van der Waals surface area contributed by atoms with Crippen molar-refractivity contribution in [3.63, 3.8) is 0 Å². The van der Waals surface area contributed by atoms with Gasteiger partial charge in [0.05, 0.1) is 17.1 Å². The number of para-hydroxylation sites is 2. The molecule has 20 heavy (non-hydrogen) atoms. The highest BCUT2D eigenvalue weighted by Crippen LogP contribution is 2.26. The van der Waals surface area contributed by atoms with Crippen molar-refractivity contribution >= 4 is 11.0 Å². The van der Waals surface area contributed by atoms with Crippen LogP contribution in [0.25, 0.3) is 11.0 Å². The van der Waals surface area contributed by atoms with Crippen LogP contribution in [0.2, 0.25) is 0 Å². The number of aromatic nitrogens is 2. The number of aryl methyl sites for hydroxylation is 1. The Labute approximate surface area is 116 Å². The Kier molecular flexibility index (Phi) is 3.24. The number of rotatable bonds is 3. The Morgan fingerprint density at radius 1 is 1.15 bits per heavy atom. The van der Waals surface area contributed by atoms with Crippen LogP contribution in [0, 0.1) is 12.7 Å². The molecule has 0 amide bonds. The molecule has 0 radical (unpaired) electrons. The van der Waals surface area contributed by atoms with Gasteiger partial charge in [-0.25, -0.2) is 9.37 Å². The summed E-state index contributed by atoms with van der Waals surface area (Å²) in [4.78, 5) is 4.52. The number of nitrogens with two attached hydrogens (primary N) is 1. The van der Waals surface area contributed by atoms with Gasteiger partial charge in [-0.05, 0) is 25.1 Å². The minimum atomic E-state index is -0.247. The summed E-state index contributed by atoms with van der Waals surface area (Å²) in [7, 11) is 0. The van der Waals surface area contributed by atoms with Crippen molar-refractivity contribution in [3.8, 4) is 0 Å². The highest BCUT2D eigenvalue weighted by molar-refractivity contribution is 5.76. The molecule has 1 heterocycles. The van der Waals surface area contributed by atoms with E-state index in [9.17, 15) is 4.39 Å². The number of benzene rings is 2. The monoisotopic (exact) mass is 269 g/mol. The number of fused-ring (bicyclic) bond motifs is 1. The van der Waals surface area contributed by atoms with Gasteiger partial charge in [-0.15, -0.1) is 0 Å². The molecule has 1 unspecified atom stereocenters. The fourth-order valence-electron chi connectivity index (χ4n) is 2.68. The van der Waals surface area contributed by atoms with Crippen LogP contribution < -0.4 is 5.73 Å². The Balaban J connectivity index is 2.22. The number of nitrogens with zero attached hydrogens (tertiary/aromatic N) is 2. The van der Waals surface area contributed by atoms with Gasteiger partial charge in [0.1, 0.15) is 11.6 Å². The predicted molar refractivity (Wildman–Crippen MR) is 78.1 cm³/mol. The van der Waals surface area contributed by atoms with Crippen molar-refractivity contribution in [2.75, 3.05) is 6.54 Å². The van der Waals surface area contributed by atoms with E-state index < -0.39 is 0 Å². The first-order chi connectivity index (χ1) is 9.72. The fourth-order valence-corrected chi connectivity index (χ4v) is 2.68. The van der Waals surface area contributed by atoms with Gasteiger partial charge in [0, 0.05) is 12.1 Å². The maximum Gasteiger partial charge on any atom is 0.128 e. The van der Waals surface area contributed by atoms with Gasteiger partial charge in [-0.3, -0.25) is 0 Å². The lowest BCUT2D eigenvalue weighted by Crippen LogP contribution is -2.22. The zero-order chi connectivity index (χ0) is 14.1. The first-order valence-corrected chi connectivity index (χ1v) is 6.60. The zero-order valence-electron chi connectivity index (χ0n) is 11.3. The maximum absolute atomic E-state index is 14.1. The molecule has 3 aromatic rings. The fraction of sp³-hybridized carbons (Fsp3) is 0.188. The van der Waals surface area contributed by atoms with E-state index in [-0.39, 0.29) is 11.9 Å². The van der Waals surface area contributed by atoms with Gasteiger partial charge < -0.3 is 10.3 Å². The molecule has 0 saturated carbocycles. The highest BCUT2D eigenvalue weighted by Gasteiger charge is 2.20. The van der Waals surface area contributed by atoms with Gasteiger partial charge in [0.2, 0.25) is 0 Å². The third-order valence-corrected chi connectivity index (χ3v) is 3.57. The summed E-state index contributed by atoms with van der Waals surface area (Å²) in [5, 5.41) is 0. The standard InChI is InChI=1S/C16H16FN3/c1-11-19-14-8-4-5-9-15(14)20(11)16(10-18)12-6-2-3-7-13(12)17/h2-9,16H,10,18H2,1H3. The summed E-state index contributed by atoms with van der Waals surface area (Å²) < 4.78 is 16.1. The molecule has 0 spiro atoms. The molecule has 3 rings (SSSR count). The predicted octanol–water partition coefficient (Wildman–Crippen LogP) is 3.03. The van der Waals surface area contributed by atoms with Crippen molar-refractivity contribution < 1.29 is 4.39 Å². The van der Waals surface area contributed by atoms with E-state index in [2.05, 4.69) is 4.98 Å². The molecule has 1 aromatic heterocycles. The molecule has 0 aliphatic rings. The SMILES string of the molecule is Cc1nc2ccccc2n1C(CN)c1ccccc1F. The number of hydrogen-bond donors (Lipinski definition) is 1. The summed E-state index contributed by atoms with van der Waals surface area (Å²) >= 11 is 0. The van der Waals surface area contributed by atoms with E-state index in [4.69, 9.17) is 5.73 Å². The zero-order valence-corrected chi connectivity index (χ0v) is 11.3. The lowest BCUT2D eigenvalue weighted by atomic mass is 10.1. The third-order valence-electron chi connectivity index (χ3n) is 3.57. The minimum absolute atomic E-state index is 0.236. The van der Waals surface area contributed by atoms with Crippen molar-refractivity contribution in [1.29, 1.82) is 0 Å². The first kappa shape index (κ1) is 12.8. The normalized spacial score (nSPS) is 12.8. The third kappa shape index (κ3) is 1.98. The van der Waals surface area contributed by atoms with Crippen LogP contribution in [-0.4, -0.2) is 16.1 Å². The number of imidazole rings is 1. The summed E-state index contributed by atoms with van der Waals surface area (Å²) in [6, 6.07) is 14.3. The summed E-state index contributed by atoms with van der Waals surface area (Å²) in [5.74, 6) is 0.602. The van der Waals surface area contributed by atoms with E-state index in [0.29, 0.717) is 12.1 Å². The lowest BCUT2D eigenvalue weighted by Gasteiger charge is -2.20. The molecule has 0 fully saturated rings. The van der Waals surface area contributed by atoms with Crippen LogP contribution in [0.15, 0.2) is 48.5 Å². The molecular formula is C16H16FN3. The average Bonchev–Trinajstić information content (AvgIpc) is 2.78. The van der Waals surface area contributed by atoms with Gasteiger partial charge in [0.15, 0.2) is 0 Å². The second kappa shape index (κ2) is 5.06. The molecule has 0 bridgehead atoms. The van der Waals surface area contributed by atoms with E-state index in [1.807, 2.05) is 41.8 Å². The van der Waals surface area contributed by atoms with Gasteiger partial charge in [-0.2, -0.15) is 0 Å². The van der Waals surface area contributed by atoms with Gasteiger partial charge in [-0.1, -0.05) is 30.3 Å². The first-order valence-electron chi connectivity index (χ1n) is 6.60. The quantitative estimate of drug-likeness (QED) is 0.794. The van der Waals surface area contributed by atoms with Gasteiger partial charge >= 0.3 is 0 Å². The average molecular weight is 269 g/mol. The van der Waals surface area contributed by atoms with Crippen LogP contribution in [0.5, 0.6) is 0 Å². The molecule has 2 N–H and O–H groups in total. The van der Waals surface area contributed by atoms with Crippen LogP contribution in [0.1, 0.15) is 17.4 Å². The Bertz CT molecular complexity index is 748. The van der Waals surface area contributed by atoms with Crippen molar-refractivity contribution in [2.24, 2.45) is 5.73 Å². The summed E-state index contributed by atoms with van der Waals surface area (Å²) in [6.07, 6.45) is 0. The van der Waals surface area contributed by atoms with E-state index in [0.717, 1.165) is 16.9 Å². The van der Waals surface area contributed by atoms with E-state index >= 15 is 0 Å². The van der Waals surface area contributed by atoms with E-state index in [1.165, 1.54) is 6.07 Å². The molecule has 4 heteroatoms. The van der Waals surface area contributed by atoms with Crippen molar-refractivity contribution in [1.82, 2.24) is 9.55 Å². The second-order valence-corrected chi connectivity index (χ2v) is 4.79. The Hall–Kier alpha value is -2.20. The maximum atomic E-state index is 14.1. The topological polar surface area (TPSA) is 43.8 Å². The molecule has 0 aliphatic carbocycles. The molecular weight excluding hydrogens is 253 g/mol. The second-order valence-electron chi connectivity index (χ2n) is 4.79. The molecule has 3 nitrogen and oxygen atoms in total. The summed E-state index contributed by atoms with van der Waals surface area (Å²) in [5.41, 5.74) is 8.39. The molecule has 0 saturated heterocycles. The Morgan fingerprint density at radius 2 is 1.85 bits per heavy atom. The van der Waals surface area contributed by atoms with Crippen molar-refractivity contribution in [3.05, 3.63) is 65.7 Å². The van der Waals surface area contributed by atoms with Crippen LogP contribution in [-0.2, 0) is 0 Å². The van der Waals surface area contributed by atoms with E-state index in [1.54, 1.807) is 12.1 Å². The largest absolute Gasteiger partial charge is 0.328 e. The van der Waals surface area contributed by atoms with Gasteiger partial charge in [0.25, 0.3) is 0 Å². The molecule has 0 aliphatic heterocycles. The summed E-state index contributed by atoms with van der Waals surface area (Å²) in [6.45, 7) is 2.24. The van der Waals surface area contributed by atoms with Crippen molar-refractivity contribution in [2.45, 2.75) is 13.0 Å².